The number of hydrogen-bond donors (Lipinski definition) is 2. The van der Waals surface area contributed by atoms with E-state index in [9.17, 15) is 14.4 Å². The van der Waals surface area contributed by atoms with E-state index >= 15 is 0 Å². The van der Waals surface area contributed by atoms with Gasteiger partial charge in [0.2, 0.25) is 5.91 Å². The number of amides is 1. The number of rotatable bonds is 13. The molecule has 1 fully saturated rings. The fourth-order valence-corrected chi connectivity index (χ4v) is 5.07. The molecule has 196 valence electrons. The fourth-order valence-electron chi connectivity index (χ4n) is 4.10. The Kier molecular flexibility index (Phi) is 12.8. The summed E-state index contributed by atoms with van der Waals surface area (Å²) in [4.78, 5) is 37.8. The maximum atomic E-state index is 13.4. The molecule has 2 N–H and O–H groups in total. The van der Waals surface area contributed by atoms with Crippen molar-refractivity contribution in [2.45, 2.75) is 68.5 Å². The van der Waals surface area contributed by atoms with Crippen molar-refractivity contribution in [3.8, 4) is 0 Å². The number of halogens is 2. The highest BCUT2D eigenvalue weighted by atomic mass is 35.5. The Hall–Kier alpha value is -1.87. The third-order valence-electron chi connectivity index (χ3n) is 5.80. The quantitative estimate of drug-likeness (QED) is 0.229. The molecule has 2 rings (SSSR count). The molecule has 0 heterocycles. The molecular formula is C25H36Cl2N2O6. The Morgan fingerprint density at radius 2 is 1.83 bits per heavy atom. The minimum absolute atomic E-state index is 0.177. The van der Waals surface area contributed by atoms with Gasteiger partial charge in [-0.1, -0.05) is 30.3 Å². The number of esters is 2. The van der Waals surface area contributed by atoms with Crippen LogP contribution in [0.2, 0.25) is 0 Å². The predicted molar refractivity (Wildman–Crippen MR) is 135 cm³/mol. The first-order valence-electron chi connectivity index (χ1n) is 12.0. The third kappa shape index (κ3) is 9.26. The molecule has 0 spiro atoms. The Balaban J connectivity index is 2.14. The monoisotopic (exact) mass is 530 g/mol. The molecule has 0 aromatic heterocycles. The molecule has 0 aliphatic heterocycles. The molecule has 1 aromatic rings. The van der Waals surface area contributed by atoms with E-state index in [1.54, 1.807) is 6.92 Å². The number of benzene rings is 1. The van der Waals surface area contributed by atoms with E-state index in [2.05, 4.69) is 10.6 Å². The largest absolute Gasteiger partial charge is 0.464 e. The van der Waals surface area contributed by atoms with E-state index < -0.39 is 52.8 Å². The van der Waals surface area contributed by atoms with Gasteiger partial charge in [-0.2, -0.15) is 0 Å². The van der Waals surface area contributed by atoms with Gasteiger partial charge in [-0.15, -0.1) is 23.2 Å². The van der Waals surface area contributed by atoms with Crippen molar-refractivity contribution in [1.29, 1.82) is 0 Å². The van der Waals surface area contributed by atoms with Gasteiger partial charge in [0, 0.05) is 20.0 Å². The minimum atomic E-state index is -0.953. The van der Waals surface area contributed by atoms with Crippen molar-refractivity contribution in [2.24, 2.45) is 5.92 Å². The number of carbonyl (C=O) groups is 3. The average Bonchev–Trinajstić information content (AvgIpc) is 2.82. The number of alkyl halides is 2. The van der Waals surface area contributed by atoms with E-state index in [0.29, 0.717) is 6.61 Å². The molecule has 1 saturated carbocycles. The Labute approximate surface area is 217 Å². The maximum Gasteiger partial charge on any atom is 0.328 e. The van der Waals surface area contributed by atoms with Crippen LogP contribution in [-0.4, -0.2) is 73.7 Å². The van der Waals surface area contributed by atoms with Crippen molar-refractivity contribution < 1.29 is 28.6 Å². The molecule has 1 aliphatic rings. The molecular weight excluding hydrogens is 495 g/mol. The van der Waals surface area contributed by atoms with Gasteiger partial charge in [-0.3, -0.25) is 9.59 Å². The van der Waals surface area contributed by atoms with Crippen molar-refractivity contribution in [1.82, 2.24) is 10.6 Å². The van der Waals surface area contributed by atoms with Crippen molar-refractivity contribution in [3.63, 3.8) is 0 Å². The highest BCUT2D eigenvalue weighted by Crippen LogP contribution is 2.36. The van der Waals surface area contributed by atoms with Gasteiger partial charge in [-0.25, -0.2) is 4.79 Å². The van der Waals surface area contributed by atoms with Crippen LogP contribution in [0.25, 0.3) is 0 Å². The SMILES string of the molecule is CCOC(=O)[C@H](Cc1ccccc1)NC(=O)C1CC(Cl)C(OCCCCNC)C(Cl)C1OC(C)=O. The van der Waals surface area contributed by atoms with Gasteiger partial charge in [0.25, 0.3) is 0 Å². The molecule has 1 aliphatic carbocycles. The van der Waals surface area contributed by atoms with Gasteiger partial charge >= 0.3 is 11.9 Å². The fraction of sp³-hybridized carbons (Fsp3) is 0.640. The summed E-state index contributed by atoms with van der Waals surface area (Å²) in [7, 11) is 1.88. The van der Waals surface area contributed by atoms with E-state index in [1.807, 2.05) is 37.4 Å². The zero-order valence-electron chi connectivity index (χ0n) is 20.5. The van der Waals surface area contributed by atoms with E-state index in [1.165, 1.54) is 6.92 Å². The average molecular weight is 531 g/mol. The van der Waals surface area contributed by atoms with Crippen LogP contribution in [-0.2, 0) is 35.0 Å². The molecule has 0 saturated heterocycles. The standard InChI is InChI=1S/C25H36Cl2N2O6/c1-4-33-25(32)20(14-17-10-6-5-7-11-17)29-24(31)18-15-19(26)23(34-13-9-8-12-28-3)21(27)22(18)35-16(2)30/h5-7,10-11,18-23,28H,4,8-9,12-15H2,1-3H3,(H,29,31)/t18?,19?,20-,21?,22?,23?/m0/s1. The van der Waals surface area contributed by atoms with Crippen LogP contribution in [0.15, 0.2) is 30.3 Å². The normalized spacial score (nSPS) is 24.9. The molecule has 1 amide bonds. The molecule has 1 aromatic carbocycles. The van der Waals surface area contributed by atoms with Gasteiger partial charge in [0.1, 0.15) is 12.1 Å². The summed E-state index contributed by atoms with van der Waals surface area (Å²) in [6.45, 7) is 4.46. The Morgan fingerprint density at radius 3 is 2.46 bits per heavy atom. The lowest BCUT2D eigenvalue weighted by Gasteiger charge is -2.41. The van der Waals surface area contributed by atoms with Crippen LogP contribution in [0, 0.1) is 5.92 Å². The second-order valence-electron chi connectivity index (χ2n) is 8.53. The number of nitrogens with one attached hydrogen (secondary N) is 2. The summed E-state index contributed by atoms with van der Waals surface area (Å²) < 4.78 is 16.6. The van der Waals surface area contributed by atoms with Crippen molar-refractivity contribution in [2.75, 3.05) is 26.8 Å². The van der Waals surface area contributed by atoms with E-state index in [0.717, 1.165) is 24.9 Å². The molecule has 10 heteroatoms. The second kappa shape index (κ2) is 15.3. The number of hydrogen-bond acceptors (Lipinski definition) is 7. The Morgan fingerprint density at radius 1 is 1.11 bits per heavy atom. The van der Waals surface area contributed by atoms with Gasteiger partial charge in [-0.05, 0) is 45.3 Å². The predicted octanol–water partition coefficient (Wildman–Crippen LogP) is 2.83. The first-order chi connectivity index (χ1) is 16.8. The summed E-state index contributed by atoms with van der Waals surface area (Å²) in [5.41, 5.74) is 0.864. The van der Waals surface area contributed by atoms with Crippen LogP contribution in [0.5, 0.6) is 0 Å². The van der Waals surface area contributed by atoms with Crippen molar-refractivity contribution in [3.05, 3.63) is 35.9 Å². The summed E-state index contributed by atoms with van der Waals surface area (Å²) in [6, 6.07) is 8.39. The van der Waals surface area contributed by atoms with E-state index in [-0.39, 0.29) is 19.4 Å². The van der Waals surface area contributed by atoms with Crippen LogP contribution in [0.1, 0.15) is 38.7 Å². The smallest absolute Gasteiger partial charge is 0.328 e. The van der Waals surface area contributed by atoms with Gasteiger partial charge in [0.15, 0.2) is 0 Å². The van der Waals surface area contributed by atoms with Crippen LogP contribution in [0.4, 0.5) is 0 Å². The second-order valence-corrected chi connectivity index (χ2v) is 9.59. The third-order valence-corrected chi connectivity index (χ3v) is 6.72. The molecule has 35 heavy (non-hydrogen) atoms. The zero-order valence-corrected chi connectivity index (χ0v) is 22.0. The number of carbonyl (C=O) groups excluding carboxylic acids is 3. The van der Waals surface area contributed by atoms with Crippen molar-refractivity contribution >= 4 is 41.0 Å². The van der Waals surface area contributed by atoms with Gasteiger partial charge in [0.05, 0.1) is 29.4 Å². The summed E-state index contributed by atoms with van der Waals surface area (Å²) >= 11 is 13.3. The maximum absolute atomic E-state index is 13.4. The lowest BCUT2D eigenvalue weighted by molar-refractivity contribution is -0.159. The minimum Gasteiger partial charge on any atom is -0.464 e. The summed E-state index contributed by atoms with van der Waals surface area (Å²) in [6.07, 6.45) is 0.628. The molecule has 5 unspecified atom stereocenters. The van der Waals surface area contributed by atoms with E-state index in [4.69, 9.17) is 37.4 Å². The Bertz CT molecular complexity index is 812. The van der Waals surface area contributed by atoms with Gasteiger partial charge < -0.3 is 24.8 Å². The highest BCUT2D eigenvalue weighted by Gasteiger charge is 2.49. The van der Waals surface area contributed by atoms with Crippen LogP contribution >= 0.6 is 23.2 Å². The highest BCUT2D eigenvalue weighted by molar-refractivity contribution is 6.25. The number of unbranched alkanes of at least 4 members (excludes halogenated alkanes) is 1. The molecule has 0 bridgehead atoms. The lowest BCUT2D eigenvalue weighted by Crippen LogP contribution is -2.57. The lowest BCUT2D eigenvalue weighted by atomic mass is 9.82. The first-order valence-corrected chi connectivity index (χ1v) is 12.9. The summed E-state index contributed by atoms with van der Waals surface area (Å²) in [5, 5.41) is 4.45. The number of ether oxygens (including phenoxy) is 3. The van der Waals surface area contributed by atoms with Crippen LogP contribution in [0.3, 0.4) is 0 Å². The molecule has 0 radical (unpaired) electrons. The molecule has 8 nitrogen and oxygen atoms in total. The van der Waals surface area contributed by atoms with Crippen LogP contribution < -0.4 is 10.6 Å². The summed E-state index contributed by atoms with van der Waals surface area (Å²) in [5.74, 6) is -2.43. The topological polar surface area (TPSA) is 103 Å². The zero-order chi connectivity index (χ0) is 25.8. The first kappa shape index (κ1) is 29.4. The molecule has 6 atom stereocenters.